The largest absolute Gasteiger partial charge is 0.340 e. The van der Waals surface area contributed by atoms with Crippen molar-refractivity contribution in [3.05, 3.63) is 30.1 Å². The molecule has 2 aliphatic rings. The SMILES string of the molecule is CCC1(C)NC(=O)C(C2CC2)N(Cc2ccccn2)C1=O. The maximum absolute atomic E-state index is 12.9. The Labute approximate surface area is 124 Å². The smallest absolute Gasteiger partial charge is 0.249 e. The minimum absolute atomic E-state index is 0.00662. The minimum Gasteiger partial charge on any atom is -0.340 e. The van der Waals surface area contributed by atoms with Gasteiger partial charge in [-0.1, -0.05) is 13.0 Å². The molecule has 0 spiro atoms. The Morgan fingerprint density at radius 3 is 2.71 bits per heavy atom. The highest BCUT2D eigenvalue weighted by atomic mass is 16.2. The number of nitrogens with zero attached hydrogens (tertiary/aromatic N) is 2. The lowest BCUT2D eigenvalue weighted by Gasteiger charge is -2.44. The summed E-state index contributed by atoms with van der Waals surface area (Å²) in [6.07, 6.45) is 4.35. The van der Waals surface area contributed by atoms with Gasteiger partial charge in [0, 0.05) is 6.20 Å². The molecule has 1 aliphatic carbocycles. The molecule has 2 fully saturated rings. The average molecular weight is 287 g/mol. The van der Waals surface area contributed by atoms with E-state index in [1.165, 1.54) is 0 Å². The topological polar surface area (TPSA) is 62.3 Å². The van der Waals surface area contributed by atoms with E-state index < -0.39 is 5.54 Å². The molecule has 1 aliphatic heterocycles. The molecule has 2 atom stereocenters. The lowest BCUT2D eigenvalue weighted by Crippen LogP contribution is -2.69. The summed E-state index contributed by atoms with van der Waals surface area (Å²) in [7, 11) is 0. The molecule has 2 heterocycles. The second-order valence-corrected chi connectivity index (χ2v) is 6.21. The number of carbonyl (C=O) groups is 2. The fraction of sp³-hybridized carbons (Fsp3) is 0.562. The van der Waals surface area contributed by atoms with Crippen LogP contribution in [0.4, 0.5) is 0 Å². The summed E-state index contributed by atoms with van der Waals surface area (Å²) in [5.74, 6) is 0.295. The predicted molar refractivity (Wildman–Crippen MR) is 78.1 cm³/mol. The third-order valence-electron chi connectivity index (χ3n) is 4.57. The molecule has 1 N–H and O–H groups in total. The zero-order valence-electron chi connectivity index (χ0n) is 12.5. The number of piperazine rings is 1. The zero-order valence-corrected chi connectivity index (χ0v) is 12.5. The Balaban J connectivity index is 1.91. The standard InChI is InChI=1S/C16H21N3O2/c1-3-16(2)15(21)19(10-12-6-4-5-9-17-12)13(11-7-8-11)14(20)18-16/h4-6,9,11,13H,3,7-8,10H2,1-2H3,(H,18,20). The molecule has 1 saturated carbocycles. The highest BCUT2D eigenvalue weighted by Gasteiger charge is 2.51. The second-order valence-electron chi connectivity index (χ2n) is 6.21. The van der Waals surface area contributed by atoms with Gasteiger partial charge in [-0.2, -0.15) is 0 Å². The van der Waals surface area contributed by atoms with Gasteiger partial charge in [0.05, 0.1) is 12.2 Å². The number of hydrogen-bond acceptors (Lipinski definition) is 3. The van der Waals surface area contributed by atoms with Gasteiger partial charge in [-0.05, 0) is 44.2 Å². The van der Waals surface area contributed by atoms with E-state index in [4.69, 9.17) is 0 Å². The van der Waals surface area contributed by atoms with E-state index in [0.717, 1.165) is 18.5 Å². The normalized spacial score (nSPS) is 29.4. The van der Waals surface area contributed by atoms with E-state index in [2.05, 4.69) is 10.3 Å². The molecule has 5 nitrogen and oxygen atoms in total. The first-order chi connectivity index (χ1) is 10.0. The fourth-order valence-electron chi connectivity index (χ4n) is 2.94. The molecule has 2 unspecified atom stereocenters. The highest BCUT2D eigenvalue weighted by Crippen LogP contribution is 2.39. The monoisotopic (exact) mass is 287 g/mol. The third kappa shape index (κ3) is 2.52. The molecule has 2 amide bonds. The van der Waals surface area contributed by atoms with Gasteiger partial charge < -0.3 is 10.2 Å². The lowest BCUT2D eigenvalue weighted by atomic mass is 9.90. The Hall–Kier alpha value is -1.91. The summed E-state index contributed by atoms with van der Waals surface area (Å²) in [5, 5.41) is 2.93. The van der Waals surface area contributed by atoms with E-state index in [1.807, 2.05) is 32.0 Å². The highest BCUT2D eigenvalue weighted by molar-refractivity contribution is 5.99. The number of aromatic nitrogens is 1. The predicted octanol–water partition coefficient (Wildman–Crippen LogP) is 1.49. The molecule has 0 aromatic carbocycles. The first kappa shape index (κ1) is 14.0. The van der Waals surface area contributed by atoms with E-state index in [-0.39, 0.29) is 17.9 Å². The van der Waals surface area contributed by atoms with Crippen molar-refractivity contribution in [1.82, 2.24) is 15.2 Å². The van der Waals surface area contributed by atoms with Gasteiger partial charge in [0.15, 0.2) is 0 Å². The molecule has 1 aromatic rings. The van der Waals surface area contributed by atoms with Crippen molar-refractivity contribution in [3.63, 3.8) is 0 Å². The van der Waals surface area contributed by atoms with Crippen LogP contribution in [0, 0.1) is 5.92 Å². The van der Waals surface area contributed by atoms with Gasteiger partial charge in [0.2, 0.25) is 11.8 Å². The van der Waals surface area contributed by atoms with Crippen LogP contribution in [0.5, 0.6) is 0 Å². The van der Waals surface area contributed by atoms with Gasteiger partial charge in [-0.3, -0.25) is 14.6 Å². The fourth-order valence-corrected chi connectivity index (χ4v) is 2.94. The summed E-state index contributed by atoms with van der Waals surface area (Å²) in [6.45, 7) is 4.14. The number of nitrogens with one attached hydrogen (secondary N) is 1. The number of rotatable bonds is 4. The maximum Gasteiger partial charge on any atom is 0.249 e. The number of carbonyl (C=O) groups excluding carboxylic acids is 2. The Morgan fingerprint density at radius 2 is 2.14 bits per heavy atom. The first-order valence-electron chi connectivity index (χ1n) is 7.58. The van der Waals surface area contributed by atoms with Crippen molar-refractivity contribution in [2.24, 2.45) is 5.92 Å². The van der Waals surface area contributed by atoms with E-state index >= 15 is 0 Å². The summed E-state index contributed by atoms with van der Waals surface area (Å²) in [6, 6.07) is 5.32. The van der Waals surface area contributed by atoms with Crippen molar-refractivity contribution in [2.45, 2.75) is 51.2 Å². The minimum atomic E-state index is -0.794. The quantitative estimate of drug-likeness (QED) is 0.912. The number of amides is 2. The van der Waals surface area contributed by atoms with Gasteiger partial charge in [-0.15, -0.1) is 0 Å². The summed E-state index contributed by atoms with van der Waals surface area (Å²) >= 11 is 0. The molecule has 5 heteroatoms. The molecule has 0 radical (unpaired) electrons. The van der Waals surface area contributed by atoms with Crippen LogP contribution in [0.15, 0.2) is 24.4 Å². The lowest BCUT2D eigenvalue weighted by molar-refractivity contribution is -0.156. The summed E-state index contributed by atoms with van der Waals surface area (Å²) in [5.41, 5.74) is 0.0294. The third-order valence-corrected chi connectivity index (χ3v) is 4.57. The van der Waals surface area contributed by atoms with Gasteiger partial charge in [0.1, 0.15) is 11.6 Å². The molecule has 0 bridgehead atoms. The number of pyridine rings is 1. The first-order valence-corrected chi connectivity index (χ1v) is 7.58. The Kier molecular flexibility index (Phi) is 3.43. The average Bonchev–Trinajstić information content (AvgIpc) is 3.30. The van der Waals surface area contributed by atoms with Crippen LogP contribution in [-0.2, 0) is 16.1 Å². The van der Waals surface area contributed by atoms with Gasteiger partial charge >= 0.3 is 0 Å². The maximum atomic E-state index is 12.9. The van der Waals surface area contributed by atoms with E-state index in [9.17, 15) is 9.59 Å². The molecule has 21 heavy (non-hydrogen) atoms. The van der Waals surface area contributed by atoms with Crippen LogP contribution in [-0.4, -0.2) is 33.3 Å². The second kappa shape index (κ2) is 5.13. The van der Waals surface area contributed by atoms with E-state index in [0.29, 0.717) is 18.9 Å². The molecule has 112 valence electrons. The van der Waals surface area contributed by atoms with Gasteiger partial charge in [-0.25, -0.2) is 0 Å². The Morgan fingerprint density at radius 1 is 1.38 bits per heavy atom. The van der Waals surface area contributed by atoms with Crippen molar-refractivity contribution in [3.8, 4) is 0 Å². The van der Waals surface area contributed by atoms with Gasteiger partial charge in [0.25, 0.3) is 0 Å². The summed E-state index contributed by atoms with van der Waals surface area (Å²) < 4.78 is 0. The zero-order chi connectivity index (χ0) is 15.0. The van der Waals surface area contributed by atoms with Crippen LogP contribution in [0.2, 0.25) is 0 Å². The van der Waals surface area contributed by atoms with Crippen LogP contribution in [0.1, 0.15) is 38.8 Å². The van der Waals surface area contributed by atoms with E-state index in [1.54, 1.807) is 11.1 Å². The molecular weight excluding hydrogens is 266 g/mol. The van der Waals surface area contributed by atoms with Crippen LogP contribution in [0.3, 0.4) is 0 Å². The van der Waals surface area contributed by atoms with Crippen LogP contribution < -0.4 is 5.32 Å². The molecular formula is C16H21N3O2. The van der Waals surface area contributed by atoms with Crippen LogP contribution in [0.25, 0.3) is 0 Å². The van der Waals surface area contributed by atoms with Crippen LogP contribution >= 0.6 is 0 Å². The molecule has 3 rings (SSSR count). The Bertz CT molecular complexity index is 556. The van der Waals surface area contributed by atoms with Crippen molar-refractivity contribution >= 4 is 11.8 Å². The van der Waals surface area contributed by atoms with Crippen molar-refractivity contribution in [1.29, 1.82) is 0 Å². The number of hydrogen-bond donors (Lipinski definition) is 1. The van der Waals surface area contributed by atoms with Crippen molar-refractivity contribution < 1.29 is 9.59 Å². The molecule has 1 saturated heterocycles. The molecule has 1 aromatic heterocycles. The summed E-state index contributed by atoms with van der Waals surface area (Å²) in [4.78, 5) is 31.4. The van der Waals surface area contributed by atoms with Crippen molar-refractivity contribution in [2.75, 3.05) is 0 Å².